The first kappa shape index (κ1) is 12.4. The van der Waals surface area contributed by atoms with Gasteiger partial charge in [0.1, 0.15) is 11.5 Å². The maximum absolute atomic E-state index is 11.5. The first-order valence-corrected chi connectivity index (χ1v) is 5.93. The fourth-order valence-electron chi connectivity index (χ4n) is 1.69. The van der Waals surface area contributed by atoms with E-state index >= 15 is 0 Å². The summed E-state index contributed by atoms with van der Waals surface area (Å²) in [6, 6.07) is 7.46. The Kier molecular flexibility index (Phi) is 3.77. The molecule has 0 saturated carbocycles. The number of furan rings is 1. The Morgan fingerprint density at radius 1 is 1.39 bits per heavy atom. The van der Waals surface area contributed by atoms with Gasteiger partial charge in [0.2, 0.25) is 0 Å². The van der Waals surface area contributed by atoms with E-state index in [4.69, 9.17) is 4.42 Å². The lowest BCUT2D eigenvalue weighted by Crippen LogP contribution is -2.16. The van der Waals surface area contributed by atoms with E-state index in [0.29, 0.717) is 18.7 Å². The zero-order valence-electron chi connectivity index (χ0n) is 10.6. The van der Waals surface area contributed by atoms with E-state index in [-0.39, 0.29) is 5.78 Å². The van der Waals surface area contributed by atoms with Crippen LogP contribution in [-0.2, 0) is 6.54 Å². The van der Waals surface area contributed by atoms with Gasteiger partial charge in [0.05, 0.1) is 24.7 Å². The molecule has 18 heavy (non-hydrogen) atoms. The first-order valence-electron chi connectivity index (χ1n) is 5.93. The summed E-state index contributed by atoms with van der Waals surface area (Å²) in [5.74, 6) is 0.960. The van der Waals surface area contributed by atoms with Gasteiger partial charge in [0.25, 0.3) is 0 Å². The molecule has 0 aliphatic heterocycles. The highest BCUT2D eigenvalue weighted by atomic mass is 16.3. The topological polar surface area (TPSA) is 46.3 Å². The molecule has 2 heterocycles. The minimum Gasteiger partial charge on any atom is -0.467 e. The number of carbonyl (C=O) groups is 1. The summed E-state index contributed by atoms with van der Waals surface area (Å²) < 4.78 is 5.29. The van der Waals surface area contributed by atoms with Gasteiger partial charge in [-0.05, 0) is 24.3 Å². The zero-order valence-corrected chi connectivity index (χ0v) is 10.6. The van der Waals surface area contributed by atoms with Crippen LogP contribution in [0.2, 0.25) is 0 Å². The van der Waals surface area contributed by atoms with Crippen LogP contribution < -0.4 is 4.90 Å². The highest BCUT2D eigenvalue weighted by Crippen LogP contribution is 2.15. The highest BCUT2D eigenvalue weighted by Gasteiger charge is 2.07. The summed E-state index contributed by atoms with van der Waals surface area (Å²) in [5, 5.41) is 0. The van der Waals surface area contributed by atoms with Crippen molar-refractivity contribution in [2.75, 3.05) is 11.9 Å². The zero-order chi connectivity index (χ0) is 13.0. The summed E-state index contributed by atoms with van der Waals surface area (Å²) in [5.41, 5.74) is 1.48. The van der Waals surface area contributed by atoms with Crippen LogP contribution in [0.4, 0.5) is 5.69 Å². The van der Waals surface area contributed by atoms with Crippen molar-refractivity contribution in [1.82, 2.24) is 4.98 Å². The summed E-state index contributed by atoms with van der Waals surface area (Å²) in [4.78, 5) is 17.7. The van der Waals surface area contributed by atoms with Gasteiger partial charge in [-0.25, -0.2) is 0 Å². The number of hydrogen-bond acceptors (Lipinski definition) is 4. The Morgan fingerprint density at radius 2 is 2.22 bits per heavy atom. The molecule has 0 spiro atoms. The molecule has 0 N–H and O–H groups in total. The van der Waals surface area contributed by atoms with Gasteiger partial charge in [-0.1, -0.05) is 6.92 Å². The van der Waals surface area contributed by atoms with Crippen LogP contribution >= 0.6 is 0 Å². The van der Waals surface area contributed by atoms with Crippen molar-refractivity contribution in [2.24, 2.45) is 0 Å². The third-order valence-corrected chi connectivity index (χ3v) is 2.77. The molecule has 0 bridgehead atoms. The molecule has 94 valence electrons. The van der Waals surface area contributed by atoms with E-state index in [1.165, 1.54) is 0 Å². The van der Waals surface area contributed by atoms with Gasteiger partial charge in [0, 0.05) is 13.5 Å². The van der Waals surface area contributed by atoms with Gasteiger partial charge < -0.3 is 9.32 Å². The summed E-state index contributed by atoms with van der Waals surface area (Å²) in [7, 11) is 1.96. The third kappa shape index (κ3) is 2.77. The second-order valence-electron chi connectivity index (χ2n) is 4.11. The molecule has 0 radical (unpaired) electrons. The van der Waals surface area contributed by atoms with Crippen LogP contribution in [0.5, 0.6) is 0 Å². The third-order valence-electron chi connectivity index (χ3n) is 2.77. The molecule has 0 aliphatic carbocycles. The lowest BCUT2D eigenvalue weighted by molar-refractivity contribution is 0.0983. The average Bonchev–Trinajstić information content (AvgIpc) is 2.91. The van der Waals surface area contributed by atoms with Crippen molar-refractivity contribution in [3.8, 4) is 0 Å². The second-order valence-corrected chi connectivity index (χ2v) is 4.11. The quantitative estimate of drug-likeness (QED) is 0.759. The van der Waals surface area contributed by atoms with Crippen molar-refractivity contribution in [1.29, 1.82) is 0 Å². The Balaban J connectivity index is 2.07. The van der Waals surface area contributed by atoms with E-state index in [0.717, 1.165) is 11.4 Å². The van der Waals surface area contributed by atoms with Gasteiger partial charge in [-0.3, -0.25) is 9.78 Å². The van der Waals surface area contributed by atoms with Crippen LogP contribution in [-0.4, -0.2) is 17.8 Å². The molecule has 0 fully saturated rings. The minimum atomic E-state index is 0.0650. The lowest BCUT2D eigenvalue weighted by atomic mass is 10.2. The van der Waals surface area contributed by atoms with Crippen molar-refractivity contribution < 1.29 is 9.21 Å². The van der Waals surface area contributed by atoms with Crippen LogP contribution in [0.25, 0.3) is 0 Å². The normalized spacial score (nSPS) is 10.3. The van der Waals surface area contributed by atoms with Gasteiger partial charge in [-0.15, -0.1) is 0 Å². The maximum Gasteiger partial charge on any atom is 0.180 e. The van der Waals surface area contributed by atoms with Crippen LogP contribution in [0.15, 0.2) is 41.1 Å². The number of hydrogen-bond donors (Lipinski definition) is 0. The van der Waals surface area contributed by atoms with Gasteiger partial charge in [-0.2, -0.15) is 0 Å². The smallest absolute Gasteiger partial charge is 0.180 e. The van der Waals surface area contributed by atoms with Crippen molar-refractivity contribution in [3.63, 3.8) is 0 Å². The second kappa shape index (κ2) is 5.49. The molecular weight excluding hydrogens is 228 g/mol. The molecule has 4 nitrogen and oxygen atoms in total. The van der Waals surface area contributed by atoms with Crippen LogP contribution in [0, 0.1) is 0 Å². The molecule has 2 aromatic rings. The molecule has 0 atom stereocenters. The Labute approximate surface area is 106 Å². The number of anilines is 1. The van der Waals surface area contributed by atoms with Crippen LogP contribution in [0.3, 0.4) is 0 Å². The average molecular weight is 244 g/mol. The molecule has 0 aliphatic rings. The molecule has 4 heteroatoms. The fraction of sp³-hybridized carbons (Fsp3) is 0.286. The summed E-state index contributed by atoms with van der Waals surface area (Å²) >= 11 is 0. The Morgan fingerprint density at radius 3 is 2.78 bits per heavy atom. The molecule has 0 aromatic carbocycles. The lowest BCUT2D eigenvalue weighted by Gasteiger charge is -2.17. The molecule has 2 aromatic heterocycles. The first-order chi connectivity index (χ1) is 8.70. The van der Waals surface area contributed by atoms with E-state index in [1.807, 2.05) is 37.1 Å². The molecular formula is C14H16N2O2. The number of aromatic nitrogens is 1. The van der Waals surface area contributed by atoms with Crippen molar-refractivity contribution in [3.05, 3.63) is 48.2 Å². The predicted octanol–water partition coefficient (Wildman–Crippen LogP) is 2.90. The summed E-state index contributed by atoms with van der Waals surface area (Å²) in [6.45, 7) is 2.51. The van der Waals surface area contributed by atoms with E-state index in [1.54, 1.807) is 18.5 Å². The Hall–Kier alpha value is -2.10. The Bertz CT molecular complexity index is 503. The summed E-state index contributed by atoms with van der Waals surface area (Å²) in [6.07, 6.45) is 3.85. The number of ketones is 1. The molecule has 0 unspecified atom stereocenters. The number of nitrogens with zero attached hydrogens (tertiary/aromatic N) is 2. The fourth-order valence-corrected chi connectivity index (χ4v) is 1.69. The number of rotatable bonds is 5. The molecule has 0 saturated heterocycles. The minimum absolute atomic E-state index is 0.0650. The van der Waals surface area contributed by atoms with Gasteiger partial charge >= 0.3 is 0 Å². The van der Waals surface area contributed by atoms with Crippen LogP contribution in [0.1, 0.15) is 29.6 Å². The largest absolute Gasteiger partial charge is 0.467 e. The van der Waals surface area contributed by atoms with Gasteiger partial charge in [0.15, 0.2) is 5.78 Å². The molecule has 0 amide bonds. The van der Waals surface area contributed by atoms with Crippen molar-refractivity contribution >= 4 is 11.5 Å². The number of carbonyl (C=O) groups excluding carboxylic acids is 1. The predicted molar refractivity (Wildman–Crippen MR) is 69.7 cm³/mol. The highest BCUT2D eigenvalue weighted by molar-refractivity contribution is 5.94. The van der Waals surface area contributed by atoms with Crippen molar-refractivity contribution in [2.45, 2.75) is 19.9 Å². The SMILES string of the molecule is CCC(=O)c1ccc(N(C)Cc2ccco2)cn1. The number of pyridine rings is 1. The monoisotopic (exact) mass is 244 g/mol. The standard InChI is InChI=1S/C14H16N2O2/c1-3-14(17)13-7-6-11(9-15-13)16(2)10-12-5-4-8-18-12/h4-9H,3,10H2,1-2H3. The van der Waals surface area contributed by atoms with E-state index in [2.05, 4.69) is 4.98 Å². The number of Topliss-reactive ketones (excluding diaryl/α,β-unsaturated/α-hetero) is 1. The maximum atomic E-state index is 11.5. The van der Waals surface area contributed by atoms with E-state index in [9.17, 15) is 4.79 Å². The van der Waals surface area contributed by atoms with E-state index < -0.39 is 0 Å². The molecule has 2 rings (SSSR count).